The van der Waals surface area contributed by atoms with E-state index < -0.39 is 5.69 Å². The molecule has 3 N–H and O–H groups in total. The Morgan fingerprint density at radius 2 is 2.23 bits per heavy atom. The number of aromatic amines is 3. The minimum atomic E-state index is -0.437. The van der Waals surface area contributed by atoms with E-state index in [1.165, 1.54) is 0 Å². The first-order valence-corrected chi connectivity index (χ1v) is 3.74. The van der Waals surface area contributed by atoms with Crippen LogP contribution in [0.2, 0.25) is 0 Å². The summed E-state index contributed by atoms with van der Waals surface area (Å²) in [7, 11) is 0. The molecule has 0 radical (unpaired) electrons. The molecule has 0 spiro atoms. The first kappa shape index (κ1) is 7.70. The second-order valence-electron chi connectivity index (χ2n) is 2.34. The monoisotopic (exact) mass is 193 g/mol. The van der Waals surface area contributed by atoms with Crippen molar-refractivity contribution < 1.29 is 0 Å². The van der Waals surface area contributed by atoms with E-state index in [2.05, 4.69) is 20.2 Å². The summed E-state index contributed by atoms with van der Waals surface area (Å²) in [5.74, 6) is 0. The molecule has 0 aliphatic rings. The van der Waals surface area contributed by atoms with Crippen LogP contribution in [-0.4, -0.2) is 20.2 Å². The maximum Gasteiger partial charge on any atom is 0.325 e. The highest BCUT2D eigenvalue weighted by atomic mass is 32.1. The van der Waals surface area contributed by atoms with Gasteiger partial charge in [-0.3, -0.25) is 15.1 Å². The van der Waals surface area contributed by atoms with Gasteiger partial charge in [-0.05, 0) is 0 Å². The third-order valence-corrected chi connectivity index (χ3v) is 1.87. The number of fused-ring (bicyclic) bond motifs is 1. The first-order valence-electron chi connectivity index (χ1n) is 3.33. The fourth-order valence-electron chi connectivity index (χ4n) is 1.04. The van der Waals surface area contributed by atoms with Crippen LogP contribution in [0, 0.1) is 16.0 Å². The lowest BCUT2D eigenvalue weighted by molar-refractivity contribution is 1.05. The van der Waals surface area contributed by atoms with E-state index in [1.54, 1.807) is 0 Å². The summed E-state index contributed by atoms with van der Waals surface area (Å²) < 4.78 is 0.212. The molecule has 2 heterocycles. The summed E-state index contributed by atoms with van der Waals surface area (Å²) in [4.78, 5) is 15.7. The number of rotatable bonds is 0. The zero-order valence-corrected chi connectivity index (χ0v) is 7.03. The van der Waals surface area contributed by atoms with Gasteiger partial charge in [0.2, 0.25) is 0 Å². The molecule has 7 heteroatoms. The number of nitrogens with one attached hydrogen (secondary N) is 3. The fourth-order valence-corrected chi connectivity index (χ4v) is 1.33. The second kappa shape index (κ2) is 2.53. The molecule has 13 heavy (non-hydrogen) atoms. The van der Waals surface area contributed by atoms with Crippen molar-refractivity contribution in [3.8, 4) is 6.07 Å². The summed E-state index contributed by atoms with van der Waals surface area (Å²) in [6.45, 7) is 0. The third-order valence-electron chi connectivity index (χ3n) is 1.56. The average Bonchev–Trinajstić information content (AvgIpc) is 2.47. The van der Waals surface area contributed by atoms with Crippen molar-refractivity contribution in [3.05, 3.63) is 20.8 Å². The van der Waals surface area contributed by atoms with Crippen molar-refractivity contribution in [1.29, 1.82) is 5.26 Å². The predicted molar refractivity (Wildman–Crippen MR) is 46.6 cm³/mol. The van der Waals surface area contributed by atoms with E-state index in [0.29, 0.717) is 11.0 Å². The third kappa shape index (κ3) is 1.04. The summed E-state index contributed by atoms with van der Waals surface area (Å²) in [5, 5.41) is 15.3. The number of nitriles is 1. The molecule has 0 amide bonds. The van der Waals surface area contributed by atoms with Gasteiger partial charge in [0, 0.05) is 0 Å². The largest absolute Gasteiger partial charge is 0.325 e. The smallest absolute Gasteiger partial charge is 0.298 e. The van der Waals surface area contributed by atoms with Crippen molar-refractivity contribution in [2.45, 2.75) is 0 Å². The molecular formula is C6H3N5OS. The summed E-state index contributed by atoms with van der Waals surface area (Å²) >= 11 is 4.86. The first-order chi connectivity index (χ1) is 6.22. The Kier molecular flexibility index (Phi) is 1.50. The zero-order chi connectivity index (χ0) is 9.42. The van der Waals surface area contributed by atoms with Crippen LogP contribution in [0.25, 0.3) is 11.0 Å². The maximum absolute atomic E-state index is 10.9. The van der Waals surface area contributed by atoms with Gasteiger partial charge in [0.25, 0.3) is 0 Å². The molecule has 2 aromatic heterocycles. The Hall–Kier alpha value is -1.94. The van der Waals surface area contributed by atoms with Gasteiger partial charge in [-0.15, -0.1) is 0 Å². The lowest BCUT2D eigenvalue weighted by atomic mass is 10.3. The highest BCUT2D eigenvalue weighted by Crippen LogP contribution is 2.10. The van der Waals surface area contributed by atoms with E-state index in [0.717, 1.165) is 0 Å². The second-order valence-corrected chi connectivity index (χ2v) is 2.75. The van der Waals surface area contributed by atoms with E-state index in [-0.39, 0.29) is 10.3 Å². The maximum atomic E-state index is 10.9. The van der Waals surface area contributed by atoms with Crippen molar-refractivity contribution in [3.63, 3.8) is 0 Å². The Morgan fingerprint density at radius 1 is 1.46 bits per heavy atom. The number of nitrogens with zero attached hydrogens (tertiary/aromatic N) is 2. The van der Waals surface area contributed by atoms with Crippen LogP contribution < -0.4 is 5.69 Å². The van der Waals surface area contributed by atoms with Gasteiger partial charge in [-0.1, -0.05) is 12.2 Å². The molecule has 0 aromatic carbocycles. The normalized spacial score (nSPS) is 10.1. The fraction of sp³-hybridized carbons (Fsp3) is 0. The summed E-state index contributed by atoms with van der Waals surface area (Å²) in [5.41, 5.74) is 0.103. The minimum Gasteiger partial charge on any atom is -0.298 e. The van der Waals surface area contributed by atoms with Gasteiger partial charge in [-0.2, -0.15) is 10.4 Å². The lowest BCUT2D eigenvalue weighted by Crippen LogP contribution is -2.09. The van der Waals surface area contributed by atoms with Crippen LogP contribution in [0.4, 0.5) is 0 Å². The Bertz CT molecular complexity index is 612. The zero-order valence-electron chi connectivity index (χ0n) is 6.21. The van der Waals surface area contributed by atoms with Crippen LogP contribution in [0.3, 0.4) is 0 Å². The van der Waals surface area contributed by atoms with Crippen molar-refractivity contribution in [1.82, 2.24) is 20.2 Å². The van der Waals surface area contributed by atoms with Crippen LogP contribution in [0.5, 0.6) is 0 Å². The molecule has 0 fully saturated rings. The van der Waals surface area contributed by atoms with Gasteiger partial charge >= 0.3 is 5.69 Å². The predicted octanol–water partition coefficient (Wildman–Crippen LogP) is 0.180. The van der Waals surface area contributed by atoms with E-state index >= 15 is 0 Å². The number of aromatic nitrogens is 4. The highest BCUT2D eigenvalue weighted by Gasteiger charge is 2.06. The highest BCUT2D eigenvalue weighted by molar-refractivity contribution is 7.71. The van der Waals surface area contributed by atoms with Crippen molar-refractivity contribution >= 4 is 23.3 Å². The molecule has 0 bridgehead atoms. The molecule has 0 aliphatic heterocycles. The molecule has 0 saturated carbocycles. The van der Waals surface area contributed by atoms with Crippen molar-refractivity contribution in [2.75, 3.05) is 0 Å². The molecule has 0 saturated heterocycles. The van der Waals surface area contributed by atoms with Crippen LogP contribution >= 0.6 is 12.2 Å². The van der Waals surface area contributed by atoms with Gasteiger partial charge < -0.3 is 0 Å². The summed E-state index contributed by atoms with van der Waals surface area (Å²) in [6, 6.07) is 1.88. The topological polar surface area (TPSA) is 101 Å². The molecule has 0 atom stereocenters. The van der Waals surface area contributed by atoms with Gasteiger partial charge in [0.05, 0.1) is 5.39 Å². The molecule has 2 aromatic rings. The molecule has 6 nitrogen and oxygen atoms in total. The average molecular weight is 193 g/mol. The molecule has 64 valence electrons. The van der Waals surface area contributed by atoms with Crippen LogP contribution in [0.1, 0.15) is 5.69 Å². The number of hydrogen-bond acceptors (Lipinski definition) is 4. The Balaban J connectivity index is 3.10. The van der Waals surface area contributed by atoms with Gasteiger partial charge in [0.15, 0.2) is 5.65 Å². The van der Waals surface area contributed by atoms with E-state index in [9.17, 15) is 4.79 Å². The molecule has 0 unspecified atom stereocenters. The number of H-pyrrole nitrogens is 3. The molecular weight excluding hydrogens is 190 g/mol. The quantitative estimate of drug-likeness (QED) is 0.519. The van der Waals surface area contributed by atoms with Gasteiger partial charge in [0.1, 0.15) is 16.4 Å². The lowest BCUT2D eigenvalue weighted by Gasteiger charge is -1.86. The standard InChI is InChI=1S/C6H3N5OS/c7-1-2-3-4(11-10-2)8-6(12)9-5(3)13/h(H3,8,9,10,11,12,13). The summed E-state index contributed by atoms with van der Waals surface area (Å²) in [6.07, 6.45) is 0. The Morgan fingerprint density at radius 3 is 2.92 bits per heavy atom. The van der Waals surface area contributed by atoms with Crippen LogP contribution in [0.15, 0.2) is 4.79 Å². The van der Waals surface area contributed by atoms with Gasteiger partial charge in [-0.25, -0.2) is 4.79 Å². The Labute approximate surface area is 76.2 Å². The van der Waals surface area contributed by atoms with Crippen molar-refractivity contribution in [2.24, 2.45) is 0 Å². The number of hydrogen-bond donors (Lipinski definition) is 3. The van der Waals surface area contributed by atoms with E-state index in [1.807, 2.05) is 6.07 Å². The van der Waals surface area contributed by atoms with Crippen LogP contribution in [-0.2, 0) is 0 Å². The molecule has 0 aliphatic carbocycles. The SMILES string of the molecule is N#Cc1[nH]nc2[nH]c(=O)[nH]c(=S)c12. The molecule has 2 rings (SSSR count). The minimum absolute atomic E-state index is 0.212. The van der Waals surface area contributed by atoms with E-state index in [4.69, 9.17) is 17.5 Å².